The number of para-hydroxylation sites is 4. The van der Waals surface area contributed by atoms with Gasteiger partial charge in [0, 0.05) is 43.7 Å². The number of piperidine rings is 1. The number of aliphatic hydroxyl groups excluding tert-OH is 1. The van der Waals surface area contributed by atoms with Gasteiger partial charge in [0.05, 0.1) is 47.1 Å². The molecule has 0 spiro atoms. The number of likely N-dealkylation sites (tertiary alicyclic amines) is 1. The van der Waals surface area contributed by atoms with Crippen molar-refractivity contribution in [2.45, 2.75) is 57.5 Å². The molecule has 2 aromatic heterocycles. The van der Waals surface area contributed by atoms with Crippen molar-refractivity contribution in [2.24, 2.45) is 5.92 Å². The normalized spacial score (nSPS) is 20.4. The molecule has 7 aromatic rings. The maximum atomic E-state index is 13.0. The number of amides is 1. The largest absolute Gasteiger partial charge is 0.392 e. The van der Waals surface area contributed by atoms with Crippen molar-refractivity contribution in [1.29, 1.82) is 0 Å². The lowest BCUT2D eigenvalue weighted by molar-refractivity contribution is -0.276. The Morgan fingerprint density at radius 1 is 0.828 bits per heavy atom. The van der Waals surface area contributed by atoms with E-state index in [0.29, 0.717) is 12.1 Å². The number of H-pyrrole nitrogens is 1. The first-order valence-electron chi connectivity index (χ1n) is 20.0. The smallest absolute Gasteiger partial charge is 0.326 e. The number of aliphatic hydroxyl groups is 1. The van der Waals surface area contributed by atoms with Crippen LogP contribution in [0.1, 0.15) is 70.9 Å². The number of aromatic amines is 1. The summed E-state index contributed by atoms with van der Waals surface area (Å²) >= 11 is 0. The van der Waals surface area contributed by atoms with Gasteiger partial charge in [-0.2, -0.15) is 0 Å². The minimum atomic E-state index is -0.614. The van der Waals surface area contributed by atoms with E-state index in [4.69, 9.17) is 9.47 Å². The predicted octanol–water partition coefficient (Wildman–Crippen LogP) is 7.49. The summed E-state index contributed by atoms with van der Waals surface area (Å²) in [4.78, 5) is 40.3. The molecular formula is C47H46N6O5. The van der Waals surface area contributed by atoms with Crippen molar-refractivity contribution in [3.63, 3.8) is 0 Å². The van der Waals surface area contributed by atoms with Crippen LogP contribution in [-0.4, -0.2) is 61.2 Å². The molecule has 4 heterocycles. The molecule has 2 aliphatic heterocycles. The molecule has 0 saturated carbocycles. The number of nitrogens with one attached hydrogen (secondary N) is 2. The van der Waals surface area contributed by atoms with E-state index >= 15 is 0 Å². The highest BCUT2D eigenvalue weighted by atomic mass is 16.7. The van der Waals surface area contributed by atoms with Gasteiger partial charge in [-0.15, -0.1) is 0 Å². The van der Waals surface area contributed by atoms with Gasteiger partial charge in [0.15, 0.2) is 6.29 Å². The standard InChI is InChI=1S/C47H46N6O5/c1-30-43(28-52-22-20-37(21-23-52)53-42-15-5-4-14-40(42)51-47(53)56)57-46(58-44(30)33-18-16-31(29-54)17-19-33)36-11-7-10-35(25-36)34-9-6-8-32(24-34)26-49-45(55)41-27-48-38-12-2-3-13-39(38)50-41/h2-19,24-25,27,30,37,43-44,46,54H,20-23,26,28-29H2,1H3,(H,49,55)(H,51,56). The zero-order chi connectivity index (χ0) is 39.6. The van der Waals surface area contributed by atoms with Crippen LogP contribution in [0.5, 0.6) is 0 Å². The first-order valence-corrected chi connectivity index (χ1v) is 20.0. The quantitative estimate of drug-likeness (QED) is 0.130. The van der Waals surface area contributed by atoms with Gasteiger partial charge in [-0.25, -0.2) is 9.78 Å². The minimum Gasteiger partial charge on any atom is -0.392 e. The molecule has 2 fully saturated rings. The molecule has 5 aromatic carbocycles. The Hall–Kier alpha value is -5.98. The number of ether oxygens (including phenoxy) is 2. The van der Waals surface area contributed by atoms with E-state index in [0.717, 1.165) is 82.4 Å². The fourth-order valence-electron chi connectivity index (χ4n) is 8.44. The van der Waals surface area contributed by atoms with Gasteiger partial charge in [0.25, 0.3) is 5.91 Å². The Labute approximate surface area is 336 Å². The van der Waals surface area contributed by atoms with Crippen LogP contribution in [0.2, 0.25) is 0 Å². The first-order chi connectivity index (χ1) is 28.4. The third kappa shape index (κ3) is 7.81. The van der Waals surface area contributed by atoms with E-state index < -0.39 is 6.29 Å². The van der Waals surface area contributed by atoms with Crippen molar-refractivity contribution >= 4 is 28.0 Å². The van der Waals surface area contributed by atoms with Gasteiger partial charge in [-0.05, 0) is 77.1 Å². The summed E-state index contributed by atoms with van der Waals surface area (Å²) in [6, 6.07) is 39.9. The summed E-state index contributed by atoms with van der Waals surface area (Å²) in [5, 5.41) is 12.7. The number of imidazole rings is 1. The van der Waals surface area contributed by atoms with Crippen LogP contribution < -0.4 is 11.0 Å². The third-order valence-corrected chi connectivity index (χ3v) is 11.7. The lowest BCUT2D eigenvalue weighted by atomic mass is 9.89. The van der Waals surface area contributed by atoms with Gasteiger partial charge in [-0.3, -0.25) is 14.3 Å². The SMILES string of the molecule is CC1C(CN2CCC(n3c(=O)[nH]c4ccccc43)CC2)OC(c2cccc(-c3cccc(CNC(=O)c4cnc5ccccc5n4)c3)c2)OC1c1ccc(CO)cc1. The van der Waals surface area contributed by atoms with E-state index in [1.54, 1.807) is 0 Å². The predicted molar refractivity (Wildman–Crippen MR) is 223 cm³/mol. The molecule has 9 rings (SSSR count). The van der Waals surface area contributed by atoms with E-state index in [-0.39, 0.29) is 48.1 Å². The van der Waals surface area contributed by atoms with Crippen molar-refractivity contribution in [1.82, 2.24) is 29.7 Å². The molecule has 1 amide bonds. The zero-order valence-corrected chi connectivity index (χ0v) is 32.3. The summed E-state index contributed by atoms with van der Waals surface area (Å²) in [6.07, 6.45) is 2.27. The molecule has 0 aliphatic carbocycles. The minimum absolute atomic E-state index is 0.0180. The van der Waals surface area contributed by atoms with Crippen LogP contribution in [0, 0.1) is 5.92 Å². The Kier molecular flexibility index (Phi) is 10.7. The van der Waals surface area contributed by atoms with Crippen molar-refractivity contribution in [2.75, 3.05) is 19.6 Å². The highest BCUT2D eigenvalue weighted by Gasteiger charge is 2.40. The molecule has 2 aliphatic rings. The van der Waals surface area contributed by atoms with E-state index in [2.05, 4.69) is 56.4 Å². The second-order valence-corrected chi connectivity index (χ2v) is 15.4. The lowest BCUT2D eigenvalue weighted by Crippen LogP contribution is -2.47. The molecule has 0 radical (unpaired) electrons. The molecule has 0 bridgehead atoms. The topological polar surface area (TPSA) is 135 Å². The molecule has 2 saturated heterocycles. The van der Waals surface area contributed by atoms with Gasteiger partial charge in [-0.1, -0.05) is 91.9 Å². The number of hydrogen-bond donors (Lipinski definition) is 3. The summed E-state index contributed by atoms with van der Waals surface area (Å²) in [6.45, 7) is 4.95. The molecular weight excluding hydrogens is 729 g/mol. The average molecular weight is 775 g/mol. The number of fused-ring (bicyclic) bond motifs is 2. The van der Waals surface area contributed by atoms with Crippen LogP contribution in [0.15, 0.2) is 132 Å². The van der Waals surface area contributed by atoms with Gasteiger partial charge >= 0.3 is 5.69 Å². The maximum absolute atomic E-state index is 13.0. The van der Waals surface area contributed by atoms with Crippen LogP contribution in [0.4, 0.5) is 0 Å². The number of hydrogen-bond acceptors (Lipinski definition) is 8. The molecule has 294 valence electrons. The first kappa shape index (κ1) is 37.6. The van der Waals surface area contributed by atoms with Gasteiger partial charge < -0.3 is 29.8 Å². The number of rotatable bonds is 10. The molecule has 11 heteroatoms. The van der Waals surface area contributed by atoms with Gasteiger partial charge in [0.1, 0.15) is 5.69 Å². The monoisotopic (exact) mass is 774 g/mol. The second-order valence-electron chi connectivity index (χ2n) is 15.4. The fourth-order valence-corrected chi connectivity index (χ4v) is 8.44. The Morgan fingerprint density at radius 2 is 1.57 bits per heavy atom. The molecule has 4 unspecified atom stereocenters. The number of nitrogens with zero attached hydrogens (tertiary/aromatic N) is 4. The Bertz CT molecular complexity index is 2610. The molecule has 3 N–H and O–H groups in total. The molecule has 58 heavy (non-hydrogen) atoms. The molecule has 11 nitrogen and oxygen atoms in total. The summed E-state index contributed by atoms with van der Waals surface area (Å²) in [7, 11) is 0. The summed E-state index contributed by atoms with van der Waals surface area (Å²) in [5.74, 6) is -0.239. The van der Waals surface area contributed by atoms with Crippen molar-refractivity contribution in [3.05, 3.63) is 166 Å². The van der Waals surface area contributed by atoms with Crippen LogP contribution >= 0.6 is 0 Å². The average Bonchev–Trinajstić information content (AvgIpc) is 3.62. The highest BCUT2D eigenvalue weighted by Crippen LogP contribution is 2.43. The second kappa shape index (κ2) is 16.5. The third-order valence-electron chi connectivity index (χ3n) is 11.7. The summed E-state index contributed by atoms with van der Waals surface area (Å²) in [5.41, 5.74) is 9.25. The lowest BCUT2D eigenvalue weighted by Gasteiger charge is -2.44. The van der Waals surface area contributed by atoms with Crippen LogP contribution in [0.3, 0.4) is 0 Å². The zero-order valence-electron chi connectivity index (χ0n) is 32.3. The van der Waals surface area contributed by atoms with Crippen molar-refractivity contribution < 1.29 is 19.4 Å². The van der Waals surface area contributed by atoms with Crippen LogP contribution in [-0.2, 0) is 22.6 Å². The van der Waals surface area contributed by atoms with Gasteiger partial charge in [0.2, 0.25) is 0 Å². The number of benzene rings is 5. The number of aromatic nitrogens is 4. The molecule has 4 atom stereocenters. The van der Waals surface area contributed by atoms with E-state index in [1.807, 2.05) is 102 Å². The maximum Gasteiger partial charge on any atom is 0.326 e. The fraction of sp³-hybridized carbons (Fsp3) is 0.277. The Balaban J connectivity index is 0.914. The van der Waals surface area contributed by atoms with E-state index in [1.165, 1.54) is 6.20 Å². The highest BCUT2D eigenvalue weighted by molar-refractivity contribution is 5.93. The summed E-state index contributed by atoms with van der Waals surface area (Å²) < 4.78 is 15.6. The number of carbonyl (C=O) groups is 1. The Morgan fingerprint density at radius 3 is 2.38 bits per heavy atom. The van der Waals surface area contributed by atoms with E-state index in [9.17, 15) is 14.7 Å². The van der Waals surface area contributed by atoms with Crippen LogP contribution in [0.25, 0.3) is 33.2 Å². The van der Waals surface area contributed by atoms with Crippen molar-refractivity contribution in [3.8, 4) is 11.1 Å². The number of carbonyl (C=O) groups excluding carboxylic acids is 1.